The molecule has 0 saturated carbocycles. The molecule has 0 aromatic heterocycles. The Bertz CT molecular complexity index is 1090. The fraction of sp³-hybridized carbons (Fsp3) is 0.192. The maximum atomic E-state index is 13.7. The Morgan fingerprint density at radius 2 is 1.27 bits per heavy atom. The monoisotopic (exact) mass is 400 g/mol. The molecular formula is C26H24O4. The van der Waals surface area contributed by atoms with E-state index in [4.69, 9.17) is 14.2 Å². The lowest BCUT2D eigenvalue weighted by Gasteiger charge is -2.24. The molecule has 3 aromatic rings. The van der Waals surface area contributed by atoms with Crippen molar-refractivity contribution in [1.29, 1.82) is 0 Å². The summed E-state index contributed by atoms with van der Waals surface area (Å²) < 4.78 is 15.9. The molecule has 0 spiro atoms. The molecule has 0 amide bonds. The second-order valence-electron chi connectivity index (χ2n) is 7.16. The van der Waals surface area contributed by atoms with E-state index >= 15 is 0 Å². The lowest BCUT2D eigenvalue weighted by Crippen LogP contribution is -2.13. The third kappa shape index (κ3) is 3.69. The topological polar surface area (TPSA) is 44.8 Å². The molecule has 0 saturated heterocycles. The first-order valence-electron chi connectivity index (χ1n) is 9.88. The first-order chi connectivity index (χ1) is 14.6. The van der Waals surface area contributed by atoms with Gasteiger partial charge in [-0.3, -0.25) is 4.79 Å². The molecule has 4 nitrogen and oxygen atoms in total. The largest absolute Gasteiger partial charge is 0.497 e. The third-order valence-electron chi connectivity index (χ3n) is 5.55. The summed E-state index contributed by atoms with van der Waals surface area (Å²) >= 11 is 0. The van der Waals surface area contributed by atoms with Crippen LogP contribution in [0.5, 0.6) is 17.2 Å². The van der Waals surface area contributed by atoms with Gasteiger partial charge in [0.05, 0.1) is 21.3 Å². The molecule has 0 bridgehead atoms. The normalized spacial score (nSPS) is 12.9. The average molecular weight is 400 g/mol. The number of ketones is 1. The quantitative estimate of drug-likeness (QED) is 0.516. The Balaban J connectivity index is 1.87. The third-order valence-corrected chi connectivity index (χ3v) is 5.55. The first-order valence-corrected chi connectivity index (χ1v) is 9.88. The van der Waals surface area contributed by atoms with Crippen LogP contribution in [0.3, 0.4) is 0 Å². The summed E-state index contributed by atoms with van der Waals surface area (Å²) in [4.78, 5) is 13.7. The van der Waals surface area contributed by atoms with Crippen LogP contribution in [0.25, 0.3) is 11.1 Å². The lowest BCUT2D eigenvalue weighted by molar-refractivity contribution is 0.105. The SMILES string of the molecule is COc1ccc(C(=O)C2=C(c3ccc(OC)cc3)CCc3cc(OC)ccc32)cc1. The number of fused-ring (bicyclic) bond motifs is 1. The molecule has 30 heavy (non-hydrogen) atoms. The second kappa shape index (κ2) is 8.46. The molecule has 4 rings (SSSR count). The summed E-state index contributed by atoms with van der Waals surface area (Å²) in [6.07, 6.45) is 1.64. The van der Waals surface area contributed by atoms with Gasteiger partial charge in [-0.15, -0.1) is 0 Å². The van der Waals surface area contributed by atoms with Gasteiger partial charge in [0, 0.05) is 11.1 Å². The molecule has 1 aliphatic carbocycles. The minimum Gasteiger partial charge on any atom is -0.497 e. The highest BCUT2D eigenvalue weighted by atomic mass is 16.5. The summed E-state index contributed by atoms with van der Waals surface area (Å²) in [6, 6.07) is 21.1. The van der Waals surface area contributed by atoms with Gasteiger partial charge in [-0.2, -0.15) is 0 Å². The maximum absolute atomic E-state index is 13.7. The number of hydrogen-bond acceptors (Lipinski definition) is 4. The minimum absolute atomic E-state index is 0.00888. The summed E-state index contributed by atoms with van der Waals surface area (Å²) in [5.41, 5.74) is 5.57. The predicted molar refractivity (Wildman–Crippen MR) is 118 cm³/mol. The molecule has 0 heterocycles. The van der Waals surface area contributed by atoms with Crippen LogP contribution in [0.4, 0.5) is 0 Å². The van der Waals surface area contributed by atoms with E-state index in [1.54, 1.807) is 21.3 Å². The zero-order chi connectivity index (χ0) is 21.1. The number of rotatable bonds is 6. The molecule has 0 radical (unpaired) electrons. The van der Waals surface area contributed by atoms with Crippen molar-refractivity contribution in [3.05, 3.63) is 89.0 Å². The summed E-state index contributed by atoms with van der Waals surface area (Å²) in [6.45, 7) is 0. The number of carbonyl (C=O) groups is 1. The number of benzene rings is 3. The van der Waals surface area contributed by atoms with Crippen LogP contribution in [-0.4, -0.2) is 27.1 Å². The number of carbonyl (C=O) groups excluding carboxylic acids is 1. The molecule has 0 aliphatic heterocycles. The van der Waals surface area contributed by atoms with E-state index in [2.05, 4.69) is 0 Å². The van der Waals surface area contributed by atoms with Gasteiger partial charge in [0.25, 0.3) is 0 Å². The Labute approximate surface area is 176 Å². The highest BCUT2D eigenvalue weighted by Crippen LogP contribution is 2.40. The first kappa shape index (κ1) is 19.8. The van der Waals surface area contributed by atoms with Gasteiger partial charge < -0.3 is 14.2 Å². The lowest BCUT2D eigenvalue weighted by atomic mass is 9.79. The predicted octanol–water partition coefficient (Wildman–Crippen LogP) is 5.45. The molecule has 3 aromatic carbocycles. The van der Waals surface area contributed by atoms with Crippen molar-refractivity contribution < 1.29 is 19.0 Å². The van der Waals surface area contributed by atoms with Crippen molar-refractivity contribution in [2.45, 2.75) is 12.8 Å². The van der Waals surface area contributed by atoms with Crippen molar-refractivity contribution in [3.8, 4) is 17.2 Å². The number of allylic oxidation sites excluding steroid dienone is 2. The molecular weight excluding hydrogens is 376 g/mol. The highest BCUT2D eigenvalue weighted by molar-refractivity contribution is 6.35. The molecule has 1 aliphatic rings. The number of Topliss-reactive ketones (excluding diaryl/α,β-unsaturated/α-hetero) is 1. The van der Waals surface area contributed by atoms with Crippen molar-refractivity contribution >= 4 is 16.9 Å². The van der Waals surface area contributed by atoms with Crippen LogP contribution in [0, 0.1) is 0 Å². The fourth-order valence-electron chi connectivity index (χ4n) is 3.92. The molecule has 152 valence electrons. The van der Waals surface area contributed by atoms with Crippen LogP contribution < -0.4 is 14.2 Å². The standard InChI is InChI=1S/C26H24O4/c1-28-20-9-4-17(5-10-20)23-14-8-19-16-22(30-3)13-15-24(19)25(23)26(27)18-6-11-21(29-2)12-7-18/h4-7,9-13,15-16H,8,14H2,1-3H3. The van der Waals surface area contributed by atoms with E-state index in [9.17, 15) is 4.79 Å². The van der Waals surface area contributed by atoms with Gasteiger partial charge in [0.15, 0.2) is 5.78 Å². The van der Waals surface area contributed by atoms with Crippen molar-refractivity contribution in [1.82, 2.24) is 0 Å². The van der Waals surface area contributed by atoms with E-state index in [0.717, 1.165) is 57.9 Å². The Morgan fingerprint density at radius 1 is 0.700 bits per heavy atom. The Hall–Kier alpha value is -3.53. The highest BCUT2D eigenvalue weighted by Gasteiger charge is 2.26. The molecule has 0 atom stereocenters. The zero-order valence-electron chi connectivity index (χ0n) is 17.4. The summed E-state index contributed by atoms with van der Waals surface area (Å²) in [5.74, 6) is 2.33. The van der Waals surface area contributed by atoms with Crippen LogP contribution >= 0.6 is 0 Å². The van der Waals surface area contributed by atoms with Crippen LogP contribution in [-0.2, 0) is 6.42 Å². The summed E-state index contributed by atoms with van der Waals surface area (Å²) in [7, 11) is 4.93. The van der Waals surface area contributed by atoms with Crippen molar-refractivity contribution in [2.75, 3.05) is 21.3 Å². The van der Waals surface area contributed by atoms with E-state index in [1.165, 1.54) is 0 Å². The summed E-state index contributed by atoms with van der Waals surface area (Å²) in [5, 5.41) is 0. The molecule has 0 unspecified atom stereocenters. The van der Waals surface area contributed by atoms with E-state index in [0.29, 0.717) is 5.56 Å². The van der Waals surface area contributed by atoms with Gasteiger partial charge in [-0.05, 0) is 83.6 Å². The Kier molecular flexibility index (Phi) is 5.57. The van der Waals surface area contributed by atoms with Gasteiger partial charge in [0.2, 0.25) is 0 Å². The molecule has 0 fully saturated rings. The van der Waals surface area contributed by atoms with Crippen LogP contribution in [0.1, 0.15) is 33.5 Å². The maximum Gasteiger partial charge on any atom is 0.193 e. The van der Waals surface area contributed by atoms with Crippen LogP contribution in [0.15, 0.2) is 66.7 Å². The Morgan fingerprint density at radius 3 is 1.87 bits per heavy atom. The number of ether oxygens (including phenoxy) is 3. The molecule has 4 heteroatoms. The van der Waals surface area contributed by atoms with Gasteiger partial charge in [-0.1, -0.05) is 18.2 Å². The van der Waals surface area contributed by atoms with Crippen molar-refractivity contribution in [3.63, 3.8) is 0 Å². The van der Waals surface area contributed by atoms with Crippen LogP contribution in [0.2, 0.25) is 0 Å². The zero-order valence-corrected chi connectivity index (χ0v) is 17.4. The van der Waals surface area contributed by atoms with Crippen molar-refractivity contribution in [2.24, 2.45) is 0 Å². The van der Waals surface area contributed by atoms with E-state index < -0.39 is 0 Å². The fourth-order valence-corrected chi connectivity index (χ4v) is 3.92. The average Bonchev–Trinajstić information content (AvgIpc) is 2.82. The van der Waals surface area contributed by atoms with Gasteiger partial charge in [-0.25, -0.2) is 0 Å². The number of aryl methyl sites for hydroxylation is 1. The molecule has 0 N–H and O–H groups in total. The minimum atomic E-state index is 0.00888. The number of hydrogen-bond donors (Lipinski definition) is 0. The number of methoxy groups -OCH3 is 3. The van der Waals surface area contributed by atoms with Gasteiger partial charge in [0.1, 0.15) is 17.2 Å². The smallest absolute Gasteiger partial charge is 0.193 e. The second-order valence-corrected chi connectivity index (χ2v) is 7.16. The van der Waals surface area contributed by atoms with Gasteiger partial charge >= 0.3 is 0 Å². The van der Waals surface area contributed by atoms with E-state index in [-0.39, 0.29) is 5.78 Å². The van der Waals surface area contributed by atoms with E-state index in [1.807, 2.05) is 66.7 Å².